The molecule has 0 spiro atoms. The summed E-state index contributed by atoms with van der Waals surface area (Å²) in [6.45, 7) is 11.4. The predicted molar refractivity (Wildman–Crippen MR) is 54.3 cm³/mol. The molecule has 0 N–H and O–H groups in total. The fourth-order valence-electron chi connectivity index (χ4n) is 0.802. The summed E-state index contributed by atoms with van der Waals surface area (Å²) in [6.07, 6.45) is 5.43. The highest BCUT2D eigenvalue weighted by molar-refractivity contribution is 4.84. The summed E-state index contributed by atoms with van der Waals surface area (Å²) in [5.74, 6) is 0.652. The lowest BCUT2D eigenvalue weighted by Crippen LogP contribution is -2.19. The van der Waals surface area contributed by atoms with Gasteiger partial charge in [0.15, 0.2) is 0 Å². The Labute approximate surface area is 76.8 Å². The van der Waals surface area contributed by atoms with E-state index in [1.165, 1.54) is 0 Å². The van der Waals surface area contributed by atoms with E-state index >= 15 is 0 Å². The van der Waals surface area contributed by atoms with E-state index in [1.54, 1.807) is 0 Å². The fraction of sp³-hybridized carbons (Fsp3) is 0.818. The lowest BCUT2D eigenvalue weighted by Gasteiger charge is -2.18. The van der Waals surface area contributed by atoms with E-state index in [-0.39, 0.29) is 5.60 Å². The molecule has 0 atom stereocenters. The first kappa shape index (κ1) is 11.7. The minimum atomic E-state index is 0.00563. The molecule has 0 amide bonds. The second-order valence-corrected chi connectivity index (χ2v) is 4.42. The molecule has 0 aromatic rings. The van der Waals surface area contributed by atoms with Gasteiger partial charge in [0.25, 0.3) is 0 Å². The summed E-state index contributed by atoms with van der Waals surface area (Å²) in [7, 11) is 0. The Kier molecular flexibility index (Phi) is 5.23. The van der Waals surface area contributed by atoms with Crippen LogP contribution in [0.2, 0.25) is 0 Å². The molecule has 12 heavy (non-hydrogen) atoms. The van der Waals surface area contributed by atoms with Gasteiger partial charge >= 0.3 is 0 Å². The van der Waals surface area contributed by atoms with Crippen LogP contribution < -0.4 is 0 Å². The predicted octanol–water partition coefficient (Wildman–Crippen LogP) is 3.40. The van der Waals surface area contributed by atoms with Crippen LogP contribution in [-0.2, 0) is 4.74 Å². The van der Waals surface area contributed by atoms with Gasteiger partial charge < -0.3 is 4.74 Å². The fourth-order valence-corrected chi connectivity index (χ4v) is 0.802. The van der Waals surface area contributed by atoms with Gasteiger partial charge in [-0.05, 0) is 33.1 Å². The van der Waals surface area contributed by atoms with Crippen molar-refractivity contribution in [1.29, 1.82) is 0 Å². The Bertz CT molecular complexity index is 128. The molecule has 1 nitrogen and oxygen atoms in total. The topological polar surface area (TPSA) is 9.23 Å². The molecule has 1 heteroatoms. The third-order valence-electron chi connectivity index (χ3n) is 1.34. The normalized spacial score (nSPS) is 13.2. The minimum absolute atomic E-state index is 0.00563. The standard InChI is InChI=1S/C11H22O/c1-10(2)8-6-7-9-12-11(3,4)5/h6,8,10H,7,9H2,1-5H3/b8-6+. The first-order valence-electron chi connectivity index (χ1n) is 4.72. The first-order chi connectivity index (χ1) is 5.42. The minimum Gasteiger partial charge on any atom is -0.376 e. The molecule has 72 valence electrons. The van der Waals surface area contributed by atoms with Gasteiger partial charge in [0.05, 0.1) is 12.2 Å². The Hall–Kier alpha value is -0.300. The van der Waals surface area contributed by atoms with Gasteiger partial charge in [-0.25, -0.2) is 0 Å². The maximum atomic E-state index is 5.56. The highest BCUT2D eigenvalue weighted by Gasteiger charge is 2.07. The van der Waals surface area contributed by atoms with Crippen molar-refractivity contribution in [3.05, 3.63) is 12.2 Å². The van der Waals surface area contributed by atoms with Crippen LogP contribution >= 0.6 is 0 Å². The van der Waals surface area contributed by atoms with Crippen LogP contribution in [0.3, 0.4) is 0 Å². The van der Waals surface area contributed by atoms with Crippen LogP contribution in [0, 0.1) is 5.92 Å². The Morgan fingerprint density at radius 3 is 2.25 bits per heavy atom. The van der Waals surface area contributed by atoms with Crippen molar-refractivity contribution in [1.82, 2.24) is 0 Å². The number of hydrogen-bond donors (Lipinski definition) is 0. The summed E-state index contributed by atoms with van der Waals surface area (Å²) in [4.78, 5) is 0. The van der Waals surface area contributed by atoms with Crippen LogP contribution in [0.1, 0.15) is 41.0 Å². The smallest absolute Gasteiger partial charge is 0.0598 e. The van der Waals surface area contributed by atoms with Gasteiger partial charge in [-0.15, -0.1) is 0 Å². The molecule has 0 aliphatic rings. The molecule has 0 saturated heterocycles. The number of allylic oxidation sites excluding steroid dienone is 1. The van der Waals surface area contributed by atoms with Crippen molar-refractivity contribution >= 4 is 0 Å². The van der Waals surface area contributed by atoms with Crippen LogP contribution in [0.4, 0.5) is 0 Å². The number of ether oxygens (including phenoxy) is 1. The molecule has 0 aliphatic heterocycles. The highest BCUT2D eigenvalue weighted by Crippen LogP contribution is 2.07. The van der Waals surface area contributed by atoms with Crippen LogP contribution in [0.25, 0.3) is 0 Å². The maximum absolute atomic E-state index is 5.56. The van der Waals surface area contributed by atoms with Crippen molar-refractivity contribution < 1.29 is 4.74 Å². The molecule has 0 aromatic heterocycles. The van der Waals surface area contributed by atoms with E-state index in [0.717, 1.165) is 13.0 Å². The summed E-state index contributed by atoms with van der Waals surface area (Å²) in [5.41, 5.74) is 0.00563. The molecule has 0 unspecified atom stereocenters. The number of rotatable bonds is 4. The van der Waals surface area contributed by atoms with Crippen LogP contribution in [0.15, 0.2) is 12.2 Å². The molecular formula is C11H22O. The quantitative estimate of drug-likeness (QED) is 0.464. The van der Waals surface area contributed by atoms with E-state index in [4.69, 9.17) is 4.74 Å². The highest BCUT2D eigenvalue weighted by atomic mass is 16.5. The Balaban J connectivity index is 3.34. The van der Waals surface area contributed by atoms with Crippen molar-refractivity contribution in [2.45, 2.75) is 46.6 Å². The Morgan fingerprint density at radius 2 is 1.83 bits per heavy atom. The molecule has 0 rings (SSSR count). The molecular weight excluding hydrogens is 148 g/mol. The second-order valence-electron chi connectivity index (χ2n) is 4.42. The SMILES string of the molecule is CC(C)/C=C/CCOC(C)(C)C. The van der Waals surface area contributed by atoms with Gasteiger partial charge in [0, 0.05) is 0 Å². The summed E-state index contributed by atoms with van der Waals surface area (Å²) < 4.78 is 5.56. The molecule has 0 radical (unpaired) electrons. The zero-order valence-electron chi connectivity index (χ0n) is 9.05. The average Bonchev–Trinajstić information content (AvgIpc) is 1.83. The average molecular weight is 170 g/mol. The largest absolute Gasteiger partial charge is 0.376 e. The van der Waals surface area contributed by atoms with Crippen molar-refractivity contribution in [3.63, 3.8) is 0 Å². The van der Waals surface area contributed by atoms with Crippen molar-refractivity contribution in [2.75, 3.05) is 6.61 Å². The Morgan fingerprint density at radius 1 is 1.25 bits per heavy atom. The first-order valence-corrected chi connectivity index (χ1v) is 4.72. The molecule has 0 aromatic carbocycles. The van der Waals surface area contributed by atoms with Crippen molar-refractivity contribution in [2.24, 2.45) is 5.92 Å². The molecule has 0 fully saturated rings. The summed E-state index contributed by atoms with van der Waals surface area (Å²) in [5, 5.41) is 0. The maximum Gasteiger partial charge on any atom is 0.0598 e. The molecule has 0 saturated carbocycles. The number of hydrogen-bond acceptors (Lipinski definition) is 1. The van der Waals surface area contributed by atoms with E-state index in [2.05, 4.69) is 46.8 Å². The van der Waals surface area contributed by atoms with Crippen molar-refractivity contribution in [3.8, 4) is 0 Å². The van der Waals surface area contributed by atoms with E-state index < -0.39 is 0 Å². The van der Waals surface area contributed by atoms with Gasteiger partial charge in [-0.3, -0.25) is 0 Å². The molecule has 0 aliphatic carbocycles. The van der Waals surface area contributed by atoms with Gasteiger partial charge in [-0.2, -0.15) is 0 Å². The lowest BCUT2D eigenvalue weighted by atomic mass is 10.2. The zero-order valence-corrected chi connectivity index (χ0v) is 9.05. The van der Waals surface area contributed by atoms with E-state index in [1.807, 2.05) is 0 Å². The lowest BCUT2D eigenvalue weighted by molar-refractivity contribution is -0.000132. The van der Waals surface area contributed by atoms with E-state index in [9.17, 15) is 0 Å². The van der Waals surface area contributed by atoms with Crippen LogP contribution in [0.5, 0.6) is 0 Å². The molecule has 0 bridgehead atoms. The summed E-state index contributed by atoms with van der Waals surface area (Å²) >= 11 is 0. The molecule has 0 heterocycles. The van der Waals surface area contributed by atoms with Crippen LogP contribution in [-0.4, -0.2) is 12.2 Å². The van der Waals surface area contributed by atoms with E-state index in [0.29, 0.717) is 5.92 Å². The monoisotopic (exact) mass is 170 g/mol. The van der Waals surface area contributed by atoms with Gasteiger partial charge in [-0.1, -0.05) is 26.0 Å². The zero-order chi connectivity index (χ0) is 9.61. The van der Waals surface area contributed by atoms with Gasteiger partial charge in [0.2, 0.25) is 0 Å². The second kappa shape index (κ2) is 5.36. The summed E-state index contributed by atoms with van der Waals surface area (Å²) in [6, 6.07) is 0. The third-order valence-corrected chi connectivity index (χ3v) is 1.34. The third kappa shape index (κ3) is 9.70. The van der Waals surface area contributed by atoms with Gasteiger partial charge in [0.1, 0.15) is 0 Å².